The second-order valence-corrected chi connectivity index (χ2v) is 6.24. The second-order valence-electron chi connectivity index (χ2n) is 5.33. The molecule has 1 aliphatic rings. The second kappa shape index (κ2) is 6.39. The molecular formula is C15H17BrN4O. The Morgan fingerprint density at radius 2 is 2.14 bits per heavy atom. The van der Waals surface area contributed by atoms with Gasteiger partial charge in [-0.15, -0.1) is 0 Å². The molecule has 1 aliphatic heterocycles. The molecule has 0 saturated carbocycles. The van der Waals surface area contributed by atoms with Crippen LogP contribution in [0.1, 0.15) is 23.3 Å². The van der Waals surface area contributed by atoms with E-state index in [-0.39, 0.29) is 5.91 Å². The molecule has 1 fully saturated rings. The molecule has 0 aromatic carbocycles. The van der Waals surface area contributed by atoms with Crippen LogP contribution in [-0.4, -0.2) is 38.7 Å². The van der Waals surface area contributed by atoms with Gasteiger partial charge in [-0.1, -0.05) is 0 Å². The highest BCUT2D eigenvalue weighted by Crippen LogP contribution is 2.20. The number of rotatable bonds is 3. The lowest BCUT2D eigenvalue weighted by molar-refractivity contribution is 0.0675. The normalized spacial score (nSPS) is 16.1. The Kier molecular flexibility index (Phi) is 4.34. The molecule has 0 aliphatic carbocycles. The SMILES string of the molecule is O=C(c1ccc(Br)cn1)N1CCC(Cn2cccn2)CC1. The van der Waals surface area contributed by atoms with E-state index in [0.29, 0.717) is 11.6 Å². The summed E-state index contributed by atoms with van der Waals surface area (Å²) in [7, 11) is 0. The Bertz CT molecular complexity index is 589. The minimum Gasteiger partial charge on any atom is -0.337 e. The quantitative estimate of drug-likeness (QED) is 0.856. The van der Waals surface area contributed by atoms with Crippen molar-refractivity contribution in [2.75, 3.05) is 13.1 Å². The minimum absolute atomic E-state index is 0.0278. The summed E-state index contributed by atoms with van der Waals surface area (Å²) in [6, 6.07) is 5.56. The zero-order valence-electron chi connectivity index (χ0n) is 11.7. The van der Waals surface area contributed by atoms with Gasteiger partial charge in [-0.05, 0) is 52.9 Å². The van der Waals surface area contributed by atoms with Crippen LogP contribution in [-0.2, 0) is 6.54 Å². The fourth-order valence-corrected chi connectivity index (χ4v) is 2.89. The van der Waals surface area contributed by atoms with Gasteiger partial charge in [0.2, 0.25) is 0 Å². The van der Waals surface area contributed by atoms with E-state index in [4.69, 9.17) is 0 Å². The van der Waals surface area contributed by atoms with Gasteiger partial charge in [0.1, 0.15) is 5.69 Å². The fraction of sp³-hybridized carbons (Fsp3) is 0.400. The standard InChI is InChI=1S/C15H17BrN4O/c16-13-2-3-14(17-10-13)15(21)19-8-4-12(5-9-19)11-20-7-1-6-18-20/h1-3,6-7,10,12H,4-5,8-9,11H2. The number of halogens is 1. The first-order valence-corrected chi connectivity index (χ1v) is 7.90. The Labute approximate surface area is 132 Å². The molecule has 6 heteroatoms. The predicted octanol–water partition coefficient (Wildman–Crippen LogP) is 2.59. The highest BCUT2D eigenvalue weighted by atomic mass is 79.9. The number of amides is 1. The number of carbonyl (C=O) groups is 1. The number of carbonyl (C=O) groups excluding carboxylic acids is 1. The maximum Gasteiger partial charge on any atom is 0.272 e. The zero-order chi connectivity index (χ0) is 14.7. The first-order valence-electron chi connectivity index (χ1n) is 7.10. The number of nitrogens with zero attached hydrogens (tertiary/aromatic N) is 4. The van der Waals surface area contributed by atoms with Crippen LogP contribution in [0.15, 0.2) is 41.3 Å². The van der Waals surface area contributed by atoms with Gasteiger partial charge in [0.25, 0.3) is 5.91 Å². The summed E-state index contributed by atoms with van der Waals surface area (Å²) in [4.78, 5) is 18.4. The van der Waals surface area contributed by atoms with E-state index in [1.54, 1.807) is 18.5 Å². The van der Waals surface area contributed by atoms with Crippen molar-refractivity contribution in [3.8, 4) is 0 Å². The molecule has 0 unspecified atom stereocenters. The summed E-state index contributed by atoms with van der Waals surface area (Å²) in [5.74, 6) is 0.617. The summed E-state index contributed by atoms with van der Waals surface area (Å²) in [6.07, 6.45) is 7.49. The lowest BCUT2D eigenvalue weighted by atomic mass is 9.96. The molecule has 0 radical (unpaired) electrons. The number of aromatic nitrogens is 3. The third-order valence-electron chi connectivity index (χ3n) is 3.85. The van der Waals surface area contributed by atoms with Crippen LogP contribution in [0, 0.1) is 5.92 Å². The molecule has 1 saturated heterocycles. The minimum atomic E-state index is 0.0278. The van der Waals surface area contributed by atoms with E-state index in [1.807, 2.05) is 27.9 Å². The summed E-state index contributed by atoms with van der Waals surface area (Å²) in [5, 5.41) is 4.24. The molecular weight excluding hydrogens is 332 g/mol. The van der Waals surface area contributed by atoms with Crippen LogP contribution < -0.4 is 0 Å². The number of likely N-dealkylation sites (tertiary alicyclic amines) is 1. The van der Waals surface area contributed by atoms with Crippen molar-refractivity contribution in [2.45, 2.75) is 19.4 Å². The van der Waals surface area contributed by atoms with Gasteiger partial charge in [0, 0.05) is 42.7 Å². The van der Waals surface area contributed by atoms with Crippen molar-refractivity contribution in [1.29, 1.82) is 0 Å². The fourth-order valence-electron chi connectivity index (χ4n) is 2.66. The number of hydrogen-bond acceptors (Lipinski definition) is 3. The van der Waals surface area contributed by atoms with Crippen molar-refractivity contribution in [1.82, 2.24) is 19.7 Å². The molecule has 2 aromatic rings. The first kappa shape index (κ1) is 14.3. The molecule has 5 nitrogen and oxygen atoms in total. The summed E-state index contributed by atoms with van der Waals surface area (Å²) in [6.45, 7) is 2.52. The summed E-state index contributed by atoms with van der Waals surface area (Å²) >= 11 is 3.33. The van der Waals surface area contributed by atoms with Crippen LogP contribution in [0.5, 0.6) is 0 Å². The zero-order valence-corrected chi connectivity index (χ0v) is 13.2. The van der Waals surface area contributed by atoms with E-state index in [9.17, 15) is 4.79 Å². The van der Waals surface area contributed by atoms with Gasteiger partial charge in [-0.2, -0.15) is 5.10 Å². The van der Waals surface area contributed by atoms with Crippen molar-refractivity contribution in [2.24, 2.45) is 5.92 Å². The molecule has 3 heterocycles. The third kappa shape index (κ3) is 3.50. The van der Waals surface area contributed by atoms with Crippen molar-refractivity contribution < 1.29 is 4.79 Å². The smallest absolute Gasteiger partial charge is 0.272 e. The number of piperidine rings is 1. The Morgan fingerprint density at radius 3 is 2.76 bits per heavy atom. The van der Waals surface area contributed by atoms with Gasteiger partial charge in [-0.3, -0.25) is 9.48 Å². The highest BCUT2D eigenvalue weighted by molar-refractivity contribution is 9.10. The van der Waals surface area contributed by atoms with Crippen LogP contribution in [0.25, 0.3) is 0 Å². The molecule has 0 spiro atoms. The van der Waals surface area contributed by atoms with Crippen LogP contribution in [0.2, 0.25) is 0 Å². The number of pyridine rings is 1. The molecule has 1 amide bonds. The van der Waals surface area contributed by atoms with Crippen LogP contribution in [0.3, 0.4) is 0 Å². The Hall–Kier alpha value is -1.69. The van der Waals surface area contributed by atoms with E-state index >= 15 is 0 Å². The molecule has 21 heavy (non-hydrogen) atoms. The van der Waals surface area contributed by atoms with Gasteiger partial charge in [-0.25, -0.2) is 4.98 Å². The first-order chi connectivity index (χ1) is 10.2. The topological polar surface area (TPSA) is 51.0 Å². The van der Waals surface area contributed by atoms with E-state index in [0.717, 1.165) is 36.9 Å². The van der Waals surface area contributed by atoms with Gasteiger partial charge in [0.05, 0.1) is 0 Å². The van der Waals surface area contributed by atoms with Crippen LogP contribution in [0.4, 0.5) is 0 Å². The molecule has 0 atom stereocenters. The molecule has 110 valence electrons. The molecule has 0 N–H and O–H groups in total. The summed E-state index contributed by atoms with van der Waals surface area (Å²) < 4.78 is 2.86. The molecule has 2 aromatic heterocycles. The maximum absolute atomic E-state index is 12.4. The van der Waals surface area contributed by atoms with E-state index < -0.39 is 0 Å². The lowest BCUT2D eigenvalue weighted by Gasteiger charge is -2.31. The van der Waals surface area contributed by atoms with Gasteiger partial charge >= 0.3 is 0 Å². The third-order valence-corrected chi connectivity index (χ3v) is 4.32. The van der Waals surface area contributed by atoms with E-state index in [1.165, 1.54) is 0 Å². The monoisotopic (exact) mass is 348 g/mol. The van der Waals surface area contributed by atoms with Crippen molar-refractivity contribution >= 4 is 21.8 Å². The van der Waals surface area contributed by atoms with E-state index in [2.05, 4.69) is 26.0 Å². The highest BCUT2D eigenvalue weighted by Gasteiger charge is 2.24. The lowest BCUT2D eigenvalue weighted by Crippen LogP contribution is -2.39. The Morgan fingerprint density at radius 1 is 1.33 bits per heavy atom. The maximum atomic E-state index is 12.4. The van der Waals surface area contributed by atoms with Gasteiger partial charge < -0.3 is 4.90 Å². The predicted molar refractivity (Wildman–Crippen MR) is 82.8 cm³/mol. The van der Waals surface area contributed by atoms with Gasteiger partial charge in [0.15, 0.2) is 0 Å². The average Bonchev–Trinajstić information content (AvgIpc) is 3.01. The van der Waals surface area contributed by atoms with Crippen molar-refractivity contribution in [3.63, 3.8) is 0 Å². The van der Waals surface area contributed by atoms with Crippen LogP contribution >= 0.6 is 15.9 Å². The summed E-state index contributed by atoms with van der Waals surface area (Å²) in [5.41, 5.74) is 0.517. The molecule has 0 bridgehead atoms. The number of hydrogen-bond donors (Lipinski definition) is 0. The largest absolute Gasteiger partial charge is 0.337 e. The average molecular weight is 349 g/mol. The van der Waals surface area contributed by atoms with Crippen molar-refractivity contribution in [3.05, 3.63) is 47.0 Å². The molecule has 3 rings (SSSR count). The Balaban J connectivity index is 1.55.